The number of pyridine rings is 1. The average molecular weight is 364 g/mol. The van der Waals surface area contributed by atoms with Gasteiger partial charge < -0.3 is 9.88 Å². The summed E-state index contributed by atoms with van der Waals surface area (Å²) in [4.78, 5) is 24.4. The quantitative estimate of drug-likeness (QED) is 0.906. The molecule has 2 rings (SSSR count). The molecule has 0 radical (unpaired) electrons. The Morgan fingerprint density at radius 1 is 1.29 bits per heavy atom. The normalized spacial score (nSPS) is 10.3. The molecule has 5 nitrogen and oxygen atoms in total. The summed E-state index contributed by atoms with van der Waals surface area (Å²) in [5, 5.41) is 12.5. The molecular formula is C17H15Cl2N3O2. The van der Waals surface area contributed by atoms with E-state index in [1.165, 1.54) is 16.7 Å². The molecule has 1 heterocycles. The van der Waals surface area contributed by atoms with E-state index in [4.69, 9.17) is 28.5 Å². The van der Waals surface area contributed by atoms with Crippen LogP contribution in [-0.4, -0.2) is 17.0 Å². The fourth-order valence-electron chi connectivity index (χ4n) is 2.39. The van der Waals surface area contributed by atoms with Crippen LogP contribution in [0.3, 0.4) is 0 Å². The van der Waals surface area contributed by atoms with Crippen LogP contribution >= 0.6 is 23.2 Å². The molecule has 0 aliphatic heterocycles. The lowest BCUT2D eigenvalue weighted by molar-refractivity contribution is 0.0952. The molecule has 1 amide bonds. The monoisotopic (exact) mass is 363 g/mol. The van der Waals surface area contributed by atoms with E-state index in [9.17, 15) is 9.59 Å². The van der Waals surface area contributed by atoms with Gasteiger partial charge in [-0.1, -0.05) is 23.2 Å². The Balaban J connectivity index is 2.11. The van der Waals surface area contributed by atoms with Gasteiger partial charge in [-0.25, -0.2) is 0 Å². The summed E-state index contributed by atoms with van der Waals surface area (Å²) in [7, 11) is 0. The number of aromatic nitrogens is 1. The molecular weight excluding hydrogens is 349 g/mol. The first-order valence-electron chi connectivity index (χ1n) is 7.19. The predicted molar refractivity (Wildman–Crippen MR) is 93.7 cm³/mol. The van der Waals surface area contributed by atoms with E-state index in [0.29, 0.717) is 16.1 Å². The minimum Gasteiger partial charge on any atom is -0.350 e. The number of nitriles is 1. The molecule has 1 aromatic heterocycles. The number of carbonyl (C=O) groups excluding carboxylic acids is 1. The minimum absolute atomic E-state index is 0.118. The lowest BCUT2D eigenvalue weighted by atomic mass is 10.1. The third kappa shape index (κ3) is 3.78. The van der Waals surface area contributed by atoms with Crippen LogP contribution in [0, 0.1) is 25.2 Å². The standard InChI is InChI=1S/C17H15Cl2N3O2/c1-10-7-11(2)22(17(24)14(10)9-20)6-5-21-16(23)13-4-3-12(18)8-15(13)19/h3-4,7-8H,5-6H2,1-2H3,(H,21,23). The van der Waals surface area contributed by atoms with Crippen LogP contribution in [0.1, 0.15) is 27.2 Å². The molecule has 7 heteroatoms. The molecule has 0 aliphatic carbocycles. The van der Waals surface area contributed by atoms with E-state index in [2.05, 4.69) is 5.32 Å². The SMILES string of the molecule is Cc1cc(C)n(CCNC(=O)c2ccc(Cl)cc2Cl)c(=O)c1C#N. The summed E-state index contributed by atoms with van der Waals surface area (Å²) < 4.78 is 1.47. The zero-order valence-corrected chi connectivity index (χ0v) is 14.7. The van der Waals surface area contributed by atoms with Crippen LogP contribution < -0.4 is 10.9 Å². The number of hydrogen-bond acceptors (Lipinski definition) is 3. The Hall–Kier alpha value is -2.29. The Kier molecular flexibility index (Phi) is 5.66. The molecule has 24 heavy (non-hydrogen) atoms. The number of aryl methyl sites for hydroxylation is 2. The lowest BCUT2D eigenvalue weighted by Crippen LogP contribution is -2.33. The van der Waals surface area contributed by atoms with E-state index in [0.717, 1.165) is 5.69 Å². The third-order valence-electron chi connectivity index (χ3n) is 3.61. The summed E-state index contributed by atoms with van der Waals surface area (Å²) in [5.74, 6) is -0.352. The van der Waals surface area contributed by atoms with E-state index in [1.54, 1.807) is 26.0 Å². The van der Waals surface area contributed by atoms with Gasteiger partial charge in [0.2, 0.25) is 0 Å². The Morgan fingerprint density at radius 3 is 2.62 bits per heavy atom. The highest BCUT2D eigenvalue weighted by Gasteiger charge is 2.12. The highest BCUT2D eigenvalue weighted by molar-refractivity contribution is 6.36. The topological polar surface area (TPSA) is 74.9 Å². The maximum absolute atomic E-state index is 12.3. The van der Waals surface area contributed by atoms with Crippen molar-refractivity contribution in [2.75, 3.05) is 6.54 Å². The maximum Gasteiger partial charge on any atom is 0.268 e. The first kappa shape index (κ1) is 18.1. The summed E-state index contributed by atoms with van der Waals surface area (Å²) in [6, 6.07) is 8.30. The van der Waals surface area contributed by atoms with E-state index >= 15 is 0 Å². The van der Waals surface area contributed by atoms with Crippen LogP contribution in [0.25, 0.3) is 0 Å². The van der Waals surface area contributed by atoms with Crippen molar-refractivity contribution in [3.63, 3.8) is 0 Å². The number of hydrogen-bond donors (Lipinski definition) is 1. The summed E-state index contributed by atoms with van der Waals surface area (Å²) in [6.07, 6.45) is 0. The Labute approximate surface area is 149 Å². The van der Waals surface area contributed by atoms with Gasteiger partial charge in [0.1, 0.15) is 11.6 Å². The van der Waals surface area contributed by atoms with E-state index in [-0.39, 0.29) is 35.1 Å². The summed E-state index contributed by atoms with van der Waals surface area (Å²) in [6.45, 7) is 4.00. The van der Waals surface area contributed by atoms with Gasteiger partial charge in [-0.15, -0.1) is 0 Å². The predicted octanol–water partition coefficient (Wildman–Crippen LogP) is 3.07. The van der Waals surface area contributed by atoms with Crippen LogP contribution in [-0.2, 0) is 6.54 Å². The molecule has 0 atom stereocenters. The number of nitrogens with zero attached hydrogens (tertiary/aromatic N) is 2. The second kappa shape index (κ2) is 7.52. The number of amides is 1. The van der Waals surface area contributed by atoms with Gasteiger partial charge in [-0.05, 0) is 43.7 Å². The van der Waals surface area contributed by atoms with E-state index < -0.39 is 0 Å². The molecule has 0 saturated heterocycles. The summed E-state index contributed by atoms with van der Waals surface area (Å²) in [5.41, 5.74) is 1.46. The van der Waals surface area contributed by atoms with Crippen LogP contribution in [0.5, 0.6) is 0 Å². The third-order valence-corrected chi connectivity index (χ3v) is 4.16. The van der Waals surface area contributed by atoms with Crippen molar-refractivity contribution in [2.45, 2.75) is 20.4 Å². The van der Waals surface area contributed by atoms with Gasteiger partial charge >= 0.3 is 0 Å². The first-order valence-corrected chi connectivity index (χ1v) is 7.95. The fraction of sp³-hybridized carbons (Fsp3) is 0.235. The van der Waals surface area contributed by atoms with Crippen molar-refractivity contribution < 1.29 is 4.79 Å². The number of benzene rings is 1. The van der Waals surface area contributed by atoms with Gasteiger partial charge in [-0.3, -0.25) is 9.59 Å². The zero-order valence-electron chi connectivity index (χ0n) is 13.2. The van der Waals surface area contributed by atoms with Crippen LogP contribution in [0.2, 0.25) is 10.0 Å². The number of carbonyl (C=O) groups is 1. The van der Waals surface area contributed by atoms with Crippen molar-refractivity contribution >= 4 is 29.1 Å². The first-order chi connectivity index (χ1) is 11.3. The molecule has 0 aliphatic rings. The largest absolute Gasteiger partial charge is 0.350 e. The second-order valence-electron chi connectivity index (χ2n) is 5.29. The van der Waals surface area contributed by atoms with Crippen molar-refractivity contribution in [2.24, 2.45) is 0 Å². The lowest BCUT2D eigenvalue weighted by Gasteiger charge is -2.13. The zero-order chi connectivity index (χ0) is 17.9. The van der Waals surface area contributed by atoms with Crippen LogP contribution in [0.15, 0.2) is 29.1 Å². The maximum atomic E-state index is 12.3. The van der Waals surface area contributed by atoms with Crippen molar-refractivity contribution in [1.82, 2.24) is 9.88 Å². The molecule has 1 aromatic carbocycles. The van der Waals surface area contributed by atoms with Crippen molar-refractivity contribution in [3.05, 3.63) is 67.0 Å². The molecule has 0 fully saturated rings. The molecule has 0 bridgehead atoms. The summed E-state index contributed by atoms with van der Waals surface area (Å²) >= 11 is 11.8. The highest BCUT2D eigenvalue weighted by atomic mass is 35.5. The van der Waals surface area contributed by atoms with Gasteiger partial charge in [0, 0.05) is 23.8 Å². The average Bonchev–Trinajstić information content (AvgIpc) is 2.50. The Bertz CT molecular complexity index is 898. The Morgan fingerprint density at radius 2 is 2.00 bits per heavy atom. The second-order valence-corrected chi connectivity index (χ2v) is 6.14. The number of halogens is 2. The van der Waals surface area contributed by atoms with E-state index in [1.807, 2.05) is 6.07 Å². The van der Waals surface area contributed by atoms with Crippen molar-refractivity contribution in [1.29, 1.82) is 5.26 Å². The molecule has 0 spiro atoms. The fourth-order valence-corrected chi connectivity index (χ4v) is 2.89. The van der Waals surface area contributed by atoms with Gasteiger partial charge in [0.05, 0.1) is 10.6 Å². The minimum atomic E-state index is -0.353. The van der Waals surface area contributed by atoms with Gasteiger partial charge in [0.25, 0.3) is 11.5 Å². The number of rotatable bonds is 4. The molecule has 1 N–H and O–H groups in total. The van der Waals surface area contributed by atoms with Crippen LogP contribution in [0.4, 0.5) is 0 Å². The van der Waals surface area contributed by atoms with Crippen molar-refractivity contribution in [3.8, 4) is 6.07 Å². The smallest absolute Gasteiger partial charge is 0.268 e. The molecule has 124 valence electrons. The highest BCUT2D eigenvalue weighted by Crippen LogP contribution is 2.20. The van der Waals surface area contributed by atoms with Gasteiger partial charge in [0.15, 0.2) is 0 Å². The van der Waals surface area contributed by atoms with Gasteiger partial charge in [-0.2, -0.15) is 5.26 Å². The number of nitrogens with one attached hydrogen (secondary N) is 1. The molecule has 0 unspecified atom stereocenters. The molecule has 0 saturated carbocycles. The molecule has 2 aromatic rings.